The fourth-order valence-electron chi connectivity index (χ4n) is 2.08. The summed E-state index contributed by atoms with van der Waals surface area (Å²) in [5.74, 6) is -0.811. The maximum Gasteiger partial charge on any atom is 0.309 e. The third-order valence-electron chi connectivity index (χ3n) is 3.63. The van der Waals surface area contributed by atoms with Crippen LogP contribution in [-0.2, 0) is 9.59 Å². The van der Waals surface area contributed by atoms with E-state index in [9.17, 15) is 9.59 Å². The van der Waals surface area contributed by atoms with Crippen LogP contribution in [0.25, 0.3) is 6.08 Å². The van der Waals surface area contributed by atoms with E-state index in [4.69, 9.17) is 5.11 Å². The van der Waals surface area contributed by atoms with Gasteiger partial charge in [0.25, 0.3) is 0 Å². The molecule has 0 atom stereocenters. The minimum atomic E-state index is -0.770. The first kappa shape index (κ1) is 13.8. The van der Waals surface area contributed by atoms with Crippen molar-refractivity contribution in [3.8, 4) is 0 Å². The molecule has 1 fully saturated rings. The SMILES string of the molecule is CC1(C(=O)O)CCN(C(=O)C=Cc2cccs2)CC1. The Balaban J connectivity index is 1.91. The smallest absolute Gasteiger partial charge is 0.309 e. The molecule has 1 N–H and O–H groups in total. The largest absolute Gasteiger partial charge is 0.481 e. The van der Waals surface area contributed by atoms with E-state index in [0.717, 1.165) is 4.88 Å². The number of likely N-dealkylation sites (tertiary alicyclic amines) is 1. The molecule has 102 valence electrons. The van der Waals surface area contributed by atoms with E-state index in [1.807, 2.05) is 17.5 Å². The van der Waals surface area contributed by atoms with Crippen molar-refractivity contribution < 1.29 is 14.7 Å². The number of hydrogen-bond donors (Lipinski definition) is 1. The molecule has 1 aliphatic heterocycles. The Kier molecular flexibility index (Phi) is 4.04. The molecule has 1 aliphatic rings. The van der Waals surface area contributed by atoms with Gasteiger partial charge in [-0.05, 0) is 37.3 Å². The number of carboxylic acid groups (broad SMARTS) is 1. The van der Waals surface area contributed by atoms with Crippen molar-refractivity contribution >= 4 is 29.3 Å². The zero-order chi connectivity index (χ0) is 13.9. The summed E-state index contributed by atoms with van der Waals surface area (Å²) in [6.45, 7) is 2.77. The van der Waals surface area contributed by atoms with E-state index in [-0.39, 0.29) is 5.91 Å². The van der Waals surface area contributed by atoms with Gasteiger partial charge in [-0.1, -0.05) is 6.07 Å². The van der Waals surface area contributed by atoms with Gasteiger partial charge in [0.05, 0.1) is 5.41 Å². The Morgan fingerprint density at radius 1 is 1.42 bits per heavy atom. The minimum Gasteiger partial charge on any atom is -0.481 e. The zero-order valence-corrected chi connectivity index (χ0v) is 11.7. The highest BCUT2D eigenvalue weighted by atomic mass is 32.1. The molecular formula is C14H17NO3S. The van der Waals surface area contributed by atoms with Crippen LogP contribution in [0.5, 0.6) is 0 Å². The first-order valence-electron chi connectivity index (χ1n) is 6.25. The second-order valence-electron chi connectivity index (χ2n) is 5.04. The van der Waals surface area contributed by atoms with Crippen molar-refractivity contribution in [1.82, 2.24) is 4.90 Å². The summed E-state index contributed by atoms with van der Waals surface area (Å²) in [6.07, 6.45) is 4.40. The molecule has 1 amide bonds. The molecule has 2 rings (SSSR count). The number of piperidine rings is 1. The summed E-state index contributed by atoms with van der Waals surface area (Å²) in [5.41, 5.74) is -0.686. The van der Waals surface area contributed by atoms with E-state index in [2.05, 4.69) is 0 Å². The Hall–Kier alpha value is -1.62. The topological polar surface area (TPSA) is 57.6 Å². The molecule has 0 radical (unpaired) electrons. The molecule has 2 heterocycles. The van der Waals surface area contributed by atoms with E-state index >= 15 is 0 Å². The number of thiophene rings is 1. The van der Waals surface area contributed by atoms with Crippen LogP contribution >= 0.6 is 11.3 Å². The van der Waals surface area contributed by atoms with Crippen molar-refractivity contribution in [3.05, 3.63) is 28.5 Å². The molecule has 5 heteroatoms. The lowest BCUT2D eigenvalue weighted by atomic mass is 9.80. The lowest BCUT2D eigenvalue weighted by molar-refractivity contribution is -0.152. The van der Waals surface area contributed by atoms with Gasteiger partial charge < -0.3 is 10.0 Å². The highest BCUT2D eigenvalue weighted by Gasteiger charge is 2.37. The fraction of sp³-hybridized carbons (Fsp3) is 0.429. The number of carbonyl (C=O) groups excluding carboxylic acids is 1. The number of carboxylic acids is 1. The van der Waals surface area contributed by atoms with Crippen LogP contribution in [0.1, 0.15) is 24.6 Å². The van der Waals surface area contributed by atoms with E-state index in [0.29, 0.717) is 25.9 Å². The molecule has 0 aliphatic carbocycles. The van der Waals surface area contributed by atoms with Gasteiger partial charge in [0.1, 0.15) is 0 Å². The number of carbonyl (C=O) groups is 2. The fourth-order valence-corrected chi connectivity index (χ4v) is 2.70. The molecule has 0 unspecified atom stereocenters. The van der Waals surface area contributed by atoms with Gasteiger partial charge >= 0.3 is 5.97 Å². The van der Waals surface area contributed by atoms with Gasteiger partial charge in [-0.3, -0.25) is 9.59 Å². The number of rotatable bonds is 3. The normalized spacial score (nSPS) is 18.7. The lowest BCUT2D eigenvalue weighted by Crippen LogP contribution is -2.44. The van der Waals surface area contributed by atoms with Gasteiger partial charge in [0, 0.05) is 24.0 Å². The zero-order valence-electron chi connectivity index (χ0n) is 10.8. The summed E-state index contributed by atoms with van der Waals surface area (Å²) in [4.78, 5) is 25.8. The van der Waals surface area contributed by atoms with Crippen LogP contribution in [0.4, 0.5) is 0 Å². The molecule has 1 aromatic heterocycles. The highest BCUT2D eigenvalue weighted by Crippen LogP contribution is 2.31. The maximum atomic E-state index is 12.0. The van der Waals surface area contributed by atoms with Crippen LogP contribution in [0, 0.1) is 5.41 Å². The number of aliphatic carboxylic acids is 1. The van der Waals surface area contributed by atoms with Gasteiger partial charge in [0.15, 0.2) is 0 Å². The second-order valence-corrected chi connectivity index (χ2v) is 6.02. The van der Waals surface area contributed by atoms with Crippen molar-refractivity contribution in [2.24, 2.45) is 5.41 Å². The predicted molar refractivity (Wildman–Crippen MR) is 74.9 cm³/mol. The molecular weight excluding hydrogens is 262 g/mol. The molecule has 4 nitrogen and oxygen atoms in total. The third kappa shape index (κ3) is 3.23. The molecule has 0 spiro atoms. The summed E-state index contributed by atoms with van der Waals surface area (Å²) in [6, 6.07) is 3.89. The minimum absolute atomic E-state index is 0.0409. The van der Waals surface area contributed by atoms with Gasteiger partial charge in [-0.2, -0.15) is 0 Å². The summed E-state index contributed by atoms with van der Waals surface area (Å²) in [5, 5.41) is 11.1. The standard InChI is InChI=1S/C14H17NO3S/c1-14(13(17)18)6-8-15(9-7-14)12(16)5-4-11-3-2-10-19-11/h2-5,10H,6-9H2,1H3,(H,17,18). The summed E-state index contributed by atoms with van der Waals surface area (Å²) < 4.78 is 0. The Bertz CT molecular complexity index is 485. The third-order valence-corrected chi connectivity index (χ3v) is 4.47. The van der Waals surface area contributed by atoms with Crippen LogP contribution in [0.3, 0.4) is 0 Å². The number of hydrogen-bond acceptors (Lipinski definition) is 3. The Labute approximate surface area is 116 Å². The Morgan fingerprint density at radius 2 is 2.11 bits per heavy atom. The quantitative estimate of drug-likeness (QED) is 0.865. The van der Waals surface area contributed by atoms with Gasteiger partial charge in [-0.15, -0.1) is 11.3 Å². The predicted octanol–water partition coefficient (Wildman–Crippen LogP) is 2.47. The molecule has 0 aromatic carbocycles. The molecule has 1 saturated heterocycles. The van der Waals surface area contributed by atoms with Crippen molar-refractivity contribution in [1.29, 1.82) is 0 Å². The first-order chi connectivity index (χ1) is 9.01. The van der Waals surface area contributed by atoms with Crippen molar-refractivity contribution in [2.45, 2.75) is 19.8 Å². The van der Waals surface area contributed by atoms with Crippen LogP contribution < -0.4 is 0 Å². The molecule has 0 saturated carbocycles. The monoisotopic (exact) mass is 279 g/mol. The van der Waals surface area contributed by atoms with Crippen LogP contribution in [-0.4, -0.2) is 35.0 Å². The van der Waals surface area contributed by atoms with Gasteiger partial charge in [0.2, 0.25) is 5.91 Å². The lowest BCUT2D eigenvalue weighted by Gasteiger charge is -2.35. The van der Waals surface area contributed by atoms with E-state index in [1.165, 1.54) is 0 Å². The summed E-state index contributed by atoms with van der Waals surface area (Å²) >= 11 is 1.58. The molecule has 0 bridgehead atoms. The number of nitrogens with zero attached hydrogens (tertiary/aromatic N) is 1. The molecule has 19 heavy (non-hydrogen) atoms. The van der Waals surface area contributed by atoms with Crippen LogP contribution in [0.2, 0.25) is 0 Å². The van der Waals surface area contributed by atoms with Gasteiger partial charge in [-0.25, -0.2) is 0 Å². The average Bonchev–Trinajstić information content (AvgIpc) is 2.90. The van der Waals surface area contributed by atoms with Crippen molar-refractivity contribution in [2.75, 3.05) is 13.1 Å². The van der Waals surface area contributed by atoms with E-state index < -0.39 is 11.4 Å². The maximum absolute atomic E-state index is 12.0. The Morgan fingerprint density at radius 3 is 2.63 bits per heavy atom. The molecule has 1 aromatic rings. The van der Waals surface area contributed by atoms with Crippen LogP contribution in [0.15, 0.2) is 23.6 Å². The van der Waals surface area contributed by atoms with Crippen molar-refractivity contribution in [3.63, 3.8) is 0 Å². The second kappa shape index (κ2) is 5.57. The first-order valence-corrected chi connectivity index (χ1v) is 7.13. The number of amides is 1. The summed E-state index contributed by atoms with van der Waals surface area (Å²) in [7, 11) is 0. The highest BCUT2D eigenvalue weighted by molar-refractivity contribution is 7.10. The van der Waals surface area contributed by atoms with E-state index in [1.54, 1.807) is 35.3 Å². The average molecular weight is 279 g/mol.